The fourth-order valence-electron chi connectivity index (χ4n) is 4.50. The third-order valence-corrected chi connectivity index (χ3v) is 6.69. The molecule has 7 nitrogen and oxygen atoms in total. The van der Waals surface area contributed by atoms with E-state index in [1.165, 1.54) is 6.07 Å². The molecule has 35 heavy (non-hydrogen) atoms. The maximum absolute atomic E-state index is 14.4. The van der Waals surface area contributed by atoms with E-state index in [4.69, 9.17) is 14.7 Å². The molecule has 2 amide bonds. The monoisotopic (exact) mass is 475 g/mol. The molecule has 1 fully saturated rings. The van der Waals surface area contributed by atoms with Gasteiger partial charge in [-0.3, -0.25) is 0 Å². The van der Waals surface area contributed by atoms with E-state index in [0.717, 1.165) is 42.8 Å². The molecule has 0 unspecified atom stereocenters. The Morgan fingerprint density at radius 1 is 1.06 bits per heavy atom. The van der Waals surface area contributed by atoms with Gasteiger partial charge in [0.25, 0.3) is 0 Å². The van der Waals surface area contributed by atoms with Gasteiger partial charge in [0.1, 0.15) is 0 Å². The summed E-state index contributed by atoms with van der Waals surface area (Å²) in [5.41, 5.74) is 2.61. The number of anilines is 1. The summed E-state index contributed by atoms with van der Waals surface area (Å²) >= 11 is 0. The lowest BCUT2D eigenvalue weighted by Crippen LogP contribution is -2.43. The predicted molar refractivity (Wildman–Crippen MR) is 132 cm³/mol. The lowest BCUT2D eigenvalue weighted by molar-refractivity contribution is 0.190. The van der Waals surface area contributed by atoms with Crippen LogP contribution < -0.4 is 15.0 Å². The Bertz CT molecular complexity index is 1180. The van der Waals surface area contributed by atoms with Gasteiger partial charge in [0.15, 0.2) is 11.6 Å². The zero-order valence-corrected chi connectivity index (χ0v) is 19.9. The number of hydrogen-bond acceptors (Lipinski definition) is 5. The summed E-state index contributed by atoms with van der Waals surface area (Å²) in [4.78, 5) is 26.4. The van der Waals surface area contributed by atoms with Gasteiger partial charge < -0.3 is 19.9 Å². The average Bonchev–Trinajstić information content (AvgIpc) is 2.89. The van der Waals surface area contributed by atoms with Crippen LogP contribution in [0.2, 0.25) is 0 Å². The van der Waals surface area contributed by atoms with E-state index in [1.807, 2.05) is 30.3 Å². The average molecular weight is 476 g/mol. The van der Waals surface area contributed by atoms with Crippen LogP contribution in [-0.2, 0) is 19.5 Å². The van der Waals surface area contributed by atoms with E-state index in [-0.39, 0.29) is 11.8 Å². The number of amides is 2. The lowest BCUT2D eigenvalue weighted by atomic mass is 9.99. The molecule has 2 aliphatic heterocycles. The number of rotatable bonds is 5. The standard InChI is InChI=1S/C27H30FN5O2/c1-19-11-14-32(15-12-19)26-30-23-13-16-33(27(34)29-17-20-7-3-2-4-8-20)18-21(23)25(31-26)35-24-10-6-5-9-22(24)28/h2-10,19H,11-18H2,1H3,(H,29,34). The fourth-order valence-corrected chi connectivity index (χ4v) is 4.50. The molecule has 0 radical (unpaired) electrons. The summed E-state index contributed by atoms with van der Waals surface area (Å²) in [6.45, 7) is 5.32. The van der Waals surface area contributed by atoms with Crippen molar-refractivity contribution in [2.24, 2.45) is 5.92 Å². The Morgan fingerprint density at radius 2 is 1.80 bits per heavy atom. The largest absolute Gasteiger partial charge is 0.435 e. The number of urea groups is 1. The molecule has 3 heterocycles. The first-order valence-corrected chi connectivity index (χ1v) is 12.2. The molecule has 1 saturated heterocycles. The number of benzene rings is 2. The van der Waals surface area contributed by atoms with Crippen LogP contribution in [0.4, 0.5) is 15.1 Å². The number of carbonyl (C=O) groups is 1. The quantitative estimate of drug-likeness (QED) is 0.568. The second-order valence-corrected chi connectivity index (χ2v) is 9.27. The molecule has 1 aromatic heterocycles. The topological polar surface area (TPSA) is 70.6 Å². The van der Waals surface area contributed by atoms with E-state index in [0.29, 0.717) is 43.8 Å². The van der Waals surface area contributed by atoms with Crippen molar-refractivity contribution in [1.82, 2.24) is 20.2 Å². The van der Waals surface area contributed by atoms with Gasteiger partial charge in [-0.05, 0) is 36.5 Å². The Balaban J connectivity index is 1.39. The van der Waals surface area contributed by atoms with Crippen molar-refractivity contribution < 1.29 is 13.9 Å². The number of fused-ring (bicyclic) bond motifs is 1. The first-order chi connectivity index (χ1) is 17.1. The maximum Gasteiger partial charge on any atom is 0.317 e. The number of aromatic nitrogens is 2. The van der Waals surface area contributed by atoms with Crippen molar-refractivity contribution in [1.29, 1.82) is 0 Å². The van der Waals surface area contributed by atoms with E-state index < -0.39 is 5.82 Å². The van der Waals surface area contributed by atoms with Crippen LogP contribution in [-0.4, -0.2) is 40.5 Å². The molecule has 3 aromatic rings. The normalized spacial score (nSPS) is 16.1. The summed E-state index contributed by atoms with van der Waals surface area (Å²) < 4.78 is 20.4. The molecule has 0 aliphatic carbocycles. The van der Waals surface area contributed by atoms with Crippen LogP contribution >= 0.6 is 0 Å². The van der Waals surface area contributed by atoms with Crippen molar-refractivity contribution in [3.8, 4) is 11.6 Å². The van der Waals surface area contributed by atoms with Gasteiger partial charge >= 0.3 is 6.03 Å². The summed E-state index contributed by atoms with van der Waals surface area (Å²) in [5, 5.41) is 2.98. The first-order valence-electron chi connectivity index (χ1n) is 12.2. The van der Waals surface area contributed by atoms with Gasteiger partial charge in [-0.15, -0.1) is 0 Å². The number of hydrogen-bond donors (Lipinski definition) is 1. The number of halogens is 1. The van der Waals surface area contributed by atoms with E-state index in [2.05, 4.69) is 17.1 Å². The molecule has 0 atom stereocenters. The van der Waals surface area contributed by atoms with Crippen LogP contribution in [0.1, 0.15) is 36.6 Å². The highest BCUT2D eigenvalue weighted by molar-refractivity contribution is 5.74. The Hall–Kier alpha value is -3.68. The second kappa shape index (κ2) is 10.3. The van der Waals surface area contributed by atoms with E-state index in [9.17, 15) is 9.18 Å². The van der Waals surface area contributed by atoms with Crippen molar-refractivity contribution >= 4 is 12.0 Å². The van der Waals surface area contributed by atoms with E-state index in [1.54, 1.807) is 23.1 Å². The zero-order valence-electron chi connectivity index (χ0n) is 19.9. The third-order valence-electron chi connectivity index (χ3n) is 6.69. The second-order valence-electron chi connectivity index (χ2n) is 9.27. The molecule has 2 aromatic carbocycles. The van der Waals surface area contributed by atoms with Crippen molar-refractivity contribution in [3.05, 3.63) is 77.2 Å². The zero-order chi connectivity index (χ0) is 24.2. The summed E-state index contributed by atoms with van der Waals surface area (Å²) in [7, 11) is 0. The van der Waals surface area contributed by atoms with Gasteiger partial charge in [0.2, 0.25) is 11.8 Å². The summed E-state index contributed by atoms with van der Waals surface area (Å²) in [5.74, 6) is 1.26. The third kappa shape index (κ3) is 5.37. The van der Waals surface area contributed by atoms with Crippen molar-refractivity contribution in [3.63, 3.8) is 0 Å². The predicted octanol–water partition coefficient (Wildman–Crippen LogP) is 4.91. The molecule has 1 N–H and O–H groups in total. The molecule has 2 aliphatic rings. The molecular formula is C27H30FN5O2. The SMILES string of the molecule is CC1CCN(c2nc3c(c(Oc4ccccc4F)n2)CN(C(=O)NCc2ccccc2)CC3)CC1. The number of carbonyl (C=O) groups excluding carboxylic acids is 1. The Labute approximate surface area is 204 Å². The fraction of sp³-hybridized carbons (Fsp3) is 0.370. The van der Waals surface area contributed by atoms with Gasteiger partial charge in [0.05, 0.1) is 17.8 Å². The van der Waals surface area contributed by atoms with Crippen LogP contribution in [0.25, 0.3) is 0 Å². The number of para-hydroxylation sites is 1. The highest BCUT2D eigenvalue weighted by atomic mass is 19.1. The molecule has 0 saturated carbocycles. The van der Waals surface area contributed by atoms with Gasteiger partial charge in [-0.25, -0.2) is 14.2 Å². The van der Waals surface area contributed by atoms with Crippen molar-refractivity contribution in [2.45, 2.75) is 39.3 Å². The molecular weight excluding hydrogens is 445 g/mol. The van der Waals surface area contributed by atoms with Crippen LogP contribution in [0, 0.1) is 11.7 Å². The molecule has 0 bridgehead atoms. The highest BCUT2D eigenvalue weighted by Crippen LogP contribution is 2.33. The molecule has 5 rings (SSSR count). The minimum absolute atomic E-state index is 0.109. The number of nitrogens with one attached hydrogen (secondary N) is 1. The number of piperidine rings is 1. The number of nitrogens with zero attached hydrogens (tertiary/aromatic N) is 4. The first kappa shape index (κ1) is 23.1. The van der Waals surface area contributed by atoms with Gasteiger partial charge in [0, 0.05) is 32.6 Å². The molecule has 182 valence electrons. The van der Waals surface area contributed by atoms with Crippen LogP contribution in [0.15, 0.2) is 54.6 Å². The van der Waals surface area contributed by atoms with E-state index >= 15 is 0 Å². The minimum Gasteiger partial charge on any atom is -0.435 e. The smallest absolute Gasteiger partial charge is 0.317 e. The van der Waals surface area contributed by atoms with Crippen LogP contribution in [0.3, 0.4) is 0 Å². The Morgan fingerprint density at radius 3 is 2.57 bits per heavy atom. The lowest BCUT2D eigenvalue weighted by Gasteiger charge is -2.33. The summed E-state index contributed by atoms with van der Waals surface area (Å²) in [6, 6.07) is 15.9. The Kier molecular flexibility index (Phi) is 6.79. The number of ether oxygens (including phenoxy) is 1. The molecule has 8 heteroatoms. The highest BCUT2D eigenvalue weighted by Gasteiger charge is 2.29. The summed E-state index contributed by atoms with van der Waals surface area (Å²) in [6.07, 6.45) is 2.75. The maximum atomic E-state index is 14.4. The van der Waals surface area contributed by atoms with Gasteiger partial charge in [-0.2, -0.15) is 4.98 Å². The minimum atomic E-state index is -0.457. The van der Waals surface area contributed by atoms with Gasteiger partial charge in [-0.1, -0.05) is 49.4 Å². The van der Waals surface area contributed by atoms with Crippen molar-refractivity contribution in [2.75, 3.05) is 24.5 Å². The molecule has 0 spiro atoms. The van der Waals surface area contributed by atoms with Crippen LogP contribution in [0.5, 0.6) is 11.6 Å².